The minimum absolute atomic E-state index is 0.630. The number of benzene rings is 1. The van der Waals surface area contributed by atoms with Crippen LogP contribution in [0.15, 0.2) is 24.3 Å². The summed E-state index contributed by atoms with van der Waals surface area (Å²) < 4.78 is 0. The molecule has 0 aliphatic carbocycles. The molecule has 0 bridgehead atoms. The first-order valence-electron chi connectivity index (χ1n) is 7.02. The SMILES string of the molecule is CCCNC(C)CC(C)SCc1cccc(C)c1. The van der Waals surface area contributed by atoms with Gasteiger partial charge in [-0.05, 0) is 38.8 Å². The van der Waals surface area contributed by atoms with Gasteiger partial charge in [0.15, 0.2) is 0 Å². The molecular formula is C16H27NS. The average Bonchev–Trinajstić information content (AvgIpc) is 2.34. The van der Waals surface area contributed by atoms with E-state index in [1.165, 1.54) is 24.0 Å². The number of hydrogen-bond acceptors (Lipinski definition) is 2. The Balaban J connectivity index is 2.26. The van der Waals surface area contributed by atoms with E-state index < -0.39 is 0 Å². The summed E-state index contributed by atoms with van der Waals surface area (Å²) in [5.74, 6) is 1.13. The second-order valence-electron chi connectivity index (χ2n) is 5.20. The number of aryl methyl sites for hydroxylation is 1. The summed E-state index contributed by atoms with van der Waals surface area (Å²) in [7, 11) is 0. The molecule has 0 fully saturated rings. The van der Waals surface area contributed by atoms with Crippen LogP contribution in [0.4, 0.5) is 0 Å². The van der Waals surface area contributed by atoms with Crippen LogP contribution in [0.25, 0.3) is 0 Å². The number of rotatable bonds is 8. The van der Waals surface area contributed by atoms with E-state index in [0.29, 0.717) is 11.3 Å². The van der Waals surface area contributed by atoms with Gasteiger partial charge in [-0.1, -0.05) is 43.7 Å². The first kappa shape index (κ1) is 15.6. The van der Waals surface area contributed by atoms with Crippen LogP contribution in [-0.4, -0.2) is 17.8 Å². The van der Waals surface area contributed by atoms with E-state index in [-0.39, 0.29) is 0 Å². The Kier molecular flexibility index (Phi) is 7.45. The summed E-state index contributed by atoms with van der Waals surface area (Å²) >= 11 is 2.06. The van der Waals surface area contributed by atoms with Crippen LogP contribution < -0.4 is 5.32 Å². The van der Waals surface area contributed by atoms with E-state index in [4.69, 9.17) is 0 Å². The Morgan fingerprint density at radius 1 is 1.28 bits per heavy atom. The molecule has 1 aromatic carbocycles. The van der Waals surface area contributed by atoms with Crippen molar-refractivity contribution in [3.05, 3.63) is 35.4 Å². The summed E-state index contributed by atoms with van der Waals surface area (Å²) in [5, 5.41) is 4.27. The van der Waals surface area contributed by atoms with Gasteiger partial charge in [0.1, 0.15) is 0 Å². The van der Waals surface area contributed by atoms with Gasteiger partial charge in [0, 0.05) is 17.0 Å². The second kappa shape index (κ2) is 8.60. The maximum atomic E-state index is 3.56. The van der Waals surface area contributed by atoms with Crippen molar-refractivity contribution in [2.45, 2.75) is 57.6 Å². The fourth-order valence-corrected chi connectivity index (χ4v) is 3.16. The van der Waals surface area contributed by atoms with Crippen molar-refractivity contribution >= 4 is 11.8 Å². The monoisotopic (exact) mass is 265 g/mol. The van der Waals surface area contributed by atoms with Crippen molar-refractivity contribution < 1.29 is 0 Å². The Morgan fingerprint density at radius 3 is 2.72 bits per heavy atom. The van der Waals surface area contributed by atoms with Gasteiger partial charge in [-0.2, -0.15) is 11.8 Å². The van der Waals surface area contributed by atoms with E-state index in [1.807, 2.05) is 0 Å². The molecule has 0 radical (unpaired) electrons. The predicted octanol–water partition coefficient (Wildman–Crippen LogP) is 4.39. The van der Waals surface area contributed by atoms with E-state index >= 15 is 0 Å². The van der Waals surface area contributed by atoms with Crippen molar-refractivity contribution in [3.63, 3.8) is 0 Å². The van der Waals surface area contributed by atoms with Crippen LogP contribution >= 0.6 is 11.8 Å². The smallest absolute Gasteiger partial charge is 0.0187 e. The fraction of sp³-hybridized carbons (Fsp3) is 0.625. The van der Waals surface area contributed by atoms with Crippen LogP contribution in [0, 0.1) is 6.92 Å². The summed E-state index contributed by atoms with van der Waals surface area (Å²) in [4.78, 5) is 0. The molecule has 0 aliphatic rings. The molecule has 1 aromatic rings. The quantitative estimate of drug-likeness (QED) is 0.748. The zero-order valence-electron chi connectivity index (χ0n) is 12.2. The van der Waals surface area contributed by atoms with Gasteiger partial charge >= 0.3 is 0 Å². The molecule has 1 rings (SSSR count). The third kappa shape index (κ3) is 6.46. The summed E-state index contributed by atoms with van der Waals surface area (Å²) in [6.07, 6.45) is 2.46. The average molecular weight is 265 g/mol. The van der Waals surface area contributed by atoms with E-state index in [9.17, 15) is 0 Å². The lowest BCUT2D eigenvalue weighted by atomic mass is 10.2. The molecule has 0 saturated heterocycles. The van der Waals surface area contributed by atoms with Crippen LogP contribution in [0.3, 0.4) is 0 Å². The topological polar surface area (TPSA) is 12.0 Å². The van der Waals surface area contributed by atoms with Crippen molar-refractivity contribution in [2.75, 3.05) is 6.54 Å². The van der Waals surface area contributed by atoms with E-state index in [1.54, 1.807) is 0 Å². The molecular weight excluding hydrogens is 238 g/mol. The van der Waals surface area contributed by atoms with Crippen LogP contribution in [0.2, 0.25) is 0 Å². The largest absolute Gasteiger partial charge is 0.314 e. The van der Waals surface area contributed by atoms with Gasteiger partial charge in [-0.15, -0.1) is 0 Å². The molecule has 0 amide bonds. The van der Waals surface area contributed by atoms with Crippen molar-refractivity contribution in [1.29, 1.82) is 0 Å². The van der Waals surface area contributed by atoms with E-state index in [0.717, 1.165) is 12.3 Å². The second-order valence-corrected chi connectivity index (χ2v) is 6.63. The highest BCUT2D eigenvalue weighted by Gasteiger charge is 2.08. The highest BCUT2D eigenvalue weighted by Crippen LogP contribution is 2.21. The minimum Gasteiger partial charge on any atom is -0.314 e. The van der Waals surface area contributed by atoms with E-state index in [2.05, 4.69) is 69.0 Å². The first-order chi connectivity index (χ1) is 8.61. The highest BCUT2D eigenvalue weighted by atomic mass is 32.2. The molecule has 1 nitrogen and oxygen atoms in total. The Hall–Kier alpha value is -0.470. The van der Waals surface area contributed by atoms with Gasteiger partial charge in [0.05, 0.1) is 0 Å². The third-order valence-electron chi connectivity index (χ3n) is 3.05. The van der Waals surface area contributed by atoms with Crippen molar-refractivity contribution in [2.24, 2.45) is 0 Å². The number of thioether (sulfide) groups is 1. The van der Waals surface area contributed by atoms with Crippen LogP contribution in [0.1, 0.15) is 44.7 Å². The van der Waals surface area contributed by atoms with Gasteiger partial charge < -0.3 is 5.32 Å². The summed E-state index contributed by atoms with van der Waals surface area (Å²) in [6, 6.07) is 9.46. The molecule has 0 heterocycles. The fourth-order valence-electron chi connectivity index (χ4n) is 2.08. The highest BCUT2D eigenvalue weighted by molar-refractivity contribution is 7.99. The summed E-state index contributed by atoms with van der Waals surface area (Å²) in [6.45, 7) is 10.1. The molecule has 102 valence electrons. The van der Waals surface area contributed by atoms with Crippen molar-refractivity contribution in [3.8, 4) is 0 Å². The zero-order valence-corrected chi connectivity index (χ0v) is 13.0. The van der Waals surface area contributed by atoms with Crippen LogP contribution in [-0.2, 0) is 5.75 Å². The normalized spacial score (nSPS) is 14.4. The Labute approximate surface area is 117 Å². The molecule has 2 unspecified atom stereocenters. The lowest BCUT2D eigenvalue weighted by Gasteiger charge is -2.18. The van der Waals surface area contributed by atoms with Crippen LogP contribution in [0.5, 0.6) is 0 Å². The Bertz CT molecular complexity index is 338. The molecule has 2 heteroatoms. The standard InChI is InChI=1S/C16H27NS/c1-5-9-17-14(3)11-15(4)18-12-16-8-6-7-13(2)10-16/h6-8,10,14-15,17H,5,9,11-12H2,1-4H3. The Morgan fingerprint density at radius 2 is 2.06 bits per heavy atom. The maximum absolute atomic E-state index is 3.56. The van der Waals surface area contributed by atoms with Gasteiger partial charge in [-0.25, -0.2) is 0 Å². The third-order valence-corrected chi connectivity index (χ3v) is 4.31. The molecule has 0 aromatic heterocycles. The van der Waals surface area contributed by atoms with Gasteiger partial charge in [0.25, 0.3) is 0 Å². The number of hydrogen-bond donors (Lipinski definition) is 1. The molecule has 0 spiro atoms. The molecule has 0 saturated carbocycles. The van der Waals surface area contributed by atoms with Crippen molar-refractivity contribution in [1.82, 2.24) is 5.32 Å². The lowest BCUT2D eigenvalue weighted by Crippen LogP contribution is -2.29. The summed E-state index contributed by atoms with van der Waals surface area (Å²) in [5.41, 5.74) is 2.81. The maximum Gasteiger partial charge on any atom is 0.0187 e. The van der Waals surface area contributed by atoms with Gasteiger partial charge in [0.2, 0.25) is 0 Å². The predicted molar refractivity (Wildman–Crippen MR) is 84.3 cm³/mol. The number of nitrogens with one attached hydrogen (secondary N) is 1. The first-order valence-corrected chi connectivity index (χ1v) is 8.07. The zero-order chi connectivity index (χ0) is 13.4. The minimum atomic E-state index is 0.630. The molecule has 2 atom stereocenters. The molecule has 1 N–H and O–H groups in total. The lowest BCUT2D eigenvalue weighted by molar-refractivity contribution is 0.513. The molecule has 0 aliphatic heterocycles. The van der Waals surface area contributed by atoms with Gasteiger partial charge in [-0.3, -0.25) is 0 Å². The molecule has 18 heavy (non-hydrogen) atoms.